The number of morpholine rings is 1. The number of carbonyl (C=O) groups is 1. The molecule has 0 amide bonds. The summed E-state index contributed by atoms with van der Waals surface area (Å²) in [5, 5.41) is 0. The maximum absolute atomic E-state index is 12.3. The van der Waals surface area contributed by atoms with Crippen LogP contribution >= 0.6 is 0 Å². The summed E-state index contributed by atoms with van der Waals surface area (Å²) < 4.78 is 10.4. The van der Waals surface area contributed by atoms with Crippen molar-refractivity contribution in [2.75, 3.05) is 56.8 Å². The van der Waals surface area contributed by atoms with E-state index in [1.807, 2.05) is 6.07 Å². The third kappa shape index (κ3) is 3.03. The minimum absolute atomic E-state index is 0.261. The number of hydrogen-bond acceptors (Lipinski definition) is 5. The van der Waals surface area contributed by atoms with Crippen molar-refractivity contribution in [1.82, 2.24) is 0 Å². The van der Waals surface area contributed by atoms with Crippen molar-refractivity contribution < 1.29 is 14.3 Å². The van der Waals surface area contributed by atoms with Crippen LogP contribution in [-0.4, -0.2) is 53.0 Å². The second kappa shape index (κ2) is 7.00. The molecule has 0 aliphatic carbocycles. The first-order valence-electron chi connectivity index (χ1n) is 9.07. The maximum atomic E-state index is 12.3. The Morgan fingerprint density at radius 3 is 2.46 bits per heavy atom. The van der Waals surface area contributed by atoms with Crippen molar-refractivity contribution in [3.05, 3.63) is 47.5 Å². The fourth-order valence-corrected chi connectivity index (χ4v) is 3.80. The fraction of sp³-hybridized carbons (Fsp3) is 0.381. The summed E-state index contributed by atoms with van der Waals surface area (Å²) in [4.78, 5) is 16.8. The van der Waals surface area contributed by atoms with Crippen LogP contribution in [0.25, 0.3) is 11.1 Å². The molecule has 136 valence electrons. The highest BCUT2D eigenvalue weighted by Gasteiger charge is 2.24. The number of nitrogens with zero attached hydrogens (tertiary/aromatic N) is 2. The van der Waals surface area contributed by atoms with Crippen molar-refractivity contribution in [3.8, 4) is 11.1 Å². The Balaban J connectivity index is 1.69. The lowest BCUT2D eigenvalue weighted by atomic mass is 9.97. The highest BCUT2D eigenvalue weighted by molar-refractivity contribution is 5.95. The average Bonchev–Trinajstić information content (AvgIpc) is 3.08. The molecule has 2 aliphatic heterocycles. The van der Waals surface area contributed by atoms with E-state index in [0.29, 0.717) is 5.56 Å². The highest BCUT2D eigenvalue weighted by Crippen LogP contribution is 2.36. The van der Waals surface area contributed by atoms with E-state index in [1.54, 1.807) is 0 Å². The zero-order chi connectivity index (χ0) is 18.1. The highest BCUT2D eigenvalue weighted by atomic mass is 16.5. The molecule has 2 aromatic rings. The van der Waals surface area contributed by atoms with Gasteiger partial charge in [0.05, 0.1) is 25.9 Å². The molecule has 2 aliphatic rings. The van der Waals surface area contributed by atoms with Gasteiger partial charge in [0.2, 0.25) is 0 Å². The predicted octanol–water partition coefficient (Wildman–Crippen LogP) is 2.97. The lowest BCUT2D eigenvalue weighted by Crippen LogP contribution is -2.36. The Labute approximate surface area is 154 Å². The molecule has 0 N–H and O–H groups in total. The van der Waals surface area contributed by atoms with Gasteiger partial charge in [0.1, 0.15) is 0 Å². The number of rotatable bonds is 3. The molecule has 0 atom stereocenters. The van der Waals surface area contributed by atoms with E-state index in [2.05, 4.69) is 47.2 Å². The first-order valence-corrected chi connectivity index (χ1v) is 9.07. The number of carbonyl (C=O) groups excluding carboxylic acids is 1. The number of benzene rings is 2. The average molecular weight is 352 g/mol. The molecule has 5 nitrogen and oxygen atoms in total. The van der Waals surface area contributed by atoms with E-state index >= 15 is 0 Å². The number of esters is 1. The maximum Gasteiger partial charge on any atom is 0.338 e. The minimum atomic E-state index is -0.261. The topological polar surface area (TPSA) is 42.0 Å². The zero-order valence-electron chi connectivity index (χ0n) is 15.3. The summed E-state index contributed by atoms with van der Waals surface area (Å²) in [5.41, 5.74) is 6.26. The Morgan fingerprint density at radius 1 is 1.04 bits per heavy atom. The number of likely N-dealkylation sites (N-methyl/N-ethyl adjacent to an activating group) is 1. The van der Waals surface area contributed by atoms with Crippen LogP contribution in [0.2, 0.25) is 0 Å². The first kappa shape index (κ1) is 16.9. The van der Waals surface area contributed by atoms with Crippen molar-refractivity contribution in [3.63, 3.8) is 0 Å². The third-order valence-corrected chi connectivity index (χ3v) is 5.32. The van der Waals surface area contributed by atoms with Gasteiger partial charge >= 0.3 is 5.97 Å². The van der Waals surface area contributed by atoms with Gasteiger partial charge < -0.3 is 19.3 Å². The molecule has 0 aromatic heterocycles. The lowest BCUT2D eigenvalue weighted by Gasteiger charge is -2.29. The summed E-state index contributed by atoms with van der Waals surface area (Å²) in [6, 6.07) is 12.7. The molecule has 0 unspecified atom stereocenters. The van der Waals surface area contributed by atoms with Gasteiger partial charge in [-0.15, -0.1) is 0 Å². The summed E-state index contributed by atoms with van der Waals surface area (Å²) in [7, 11) is 3.51. The number of hydrogen-bond donors (Lipinski definition) is 0. The zero-order valence-corrected chi connectivity index (χ0v) is 15.3. The number of fused-ring (bicyclic) bond motifs is 1. The minimum Gasteiger partial charge on any atom is -0.465 e. The smallest absolute Gasteiger partial charge is 0.338 e. The van der Waals surface area contributed by atoms with Crippen LogP contribution in [0.4, 0.5) is 11.4 Å². The molecule has 1 saturated heterocycles. The Morgan fingerprint density at radius 2 is 1.77 bits per heavy atom. The molecule has 5 heteroatoms. The second-order valence-corrected chi connectivity index (χ2v) is 6.83. The molecule has 2 heterocycles. The van der Waals surface area contributed by atoms with E-state index in [0.717, 1.165) is 61.6 Å². The molecular formula is C21H24N2O3. The summed E-state index contributed by atoms with van der Waals surface area (Å²) >= 11 is 0. The van der Waals surface area contributed by atoms with E-state index in [4.69, 9.17) is 9.47 Å². The van der Waals surface area contributed by atoms with Crippen LogP contribution in [0.1, 0.15) is 15.9 Å². The first-order chi connectivity index (χ1) is 12.7. The van der Waals surface area contributed by atoms with Crippen LogP contribution in [0.5, 0.6) is 0 Å². The number of ether oxygens (including phenoxy) is 2. The van der Waals surface area contributed by atoms with Gasteiger partial charge in [0.15, 0.2) is 0 Å². The van der Waals surface area contributed by atoms with Gasteiger partial charge in [-0.1, -0.05) is 12.1 Å². The van der Waals surface area contributed by atoms with E-state index in [1.165, 1.54) is 12.8 Å². The number of methoxy groups -OCH3 is 1. The summed E-state index contributed by atoms with van der Waals surface area (Å²) in [6.45, 7) is 4.34. The molecule has 2 aromatic carbocycles. The summed E-state index contributed by atoms with van der Waals surface area (Å²) in [6.07, 6.45) is 0.881. The standard InChI is InChI=1S/C21H24N2O3/c1-22-8-7-18-19(21(24)25-2)13-16(14-20(18)22)15-3-5-17(6-4-15)23-9-11-26-12-10-23/h3-6,13-14H,7-12H2,1-2H3. The van der Waals surface area contributed by atoms with Gasteiger partial charge in [-0.25, -0.2) is 4.79 Å². The Kier molecular flexibility index (Phi) is 4.55. The van der Waals surface area contributed by atoms with E-state index in [9.17, 15) is 4.79 Å². The largest absolute Gasteiger partial charge is 0.465 e. The van der Waals surface area contributed by atoms with Gasteiger partial charge in [-0.2, -0.15) is 0 Å². The van der Waals surface area contributed by atoms with Gasteiger partial charge in [-0.3, -0.25) is 0 Å². The van der Waals surface area contributed by atoms with Gasteiger partial charge in [0, 0.05) is 38.1 Å². The molecule has 0 bridgehead atoms. The lowest BCUT2D eigenvalue weighted by molar-refractivity contribution is 0.0600. The Bertz CT molecular complexity index is 811. The van der Waals surface area contributed by atoms with Gasteiger partial charge in [-0.05, 0) is 47.4 Å². The monoisotopic (exact) mass is 352 g/mol. The predicted molar refractivity (Wildman–Crippen MR) is 103 cm³/mol. The van der Waals surface area contributed by atoms with Crippen molar-refractivity contribution in [1.29, 1.82) is 0 Å². The van der Waals surface area contributed by atoms with Crippen LogP contribution in [0, 0.1) is 0 Å². The molecule has 0 radical (unpaired) electrons. The molecule has 26 heavy (non-hydrogen) atoms. The van der Waals surface area contributed by atoms with Gasteiger partial charge in [0.25, 0.3) is 0 Å². The molecular weight excluding hydrogens is 328 g/mol. The fourth-order valence-electron chi connectivity index (χ4n) is 3.80. The molecule has 0 saturated carbocycles. The third-order valence-electron chi connectivity index (χ3n) is 5.32. The second-order valence-electron chi connectivity index (χ2n) is 6.83. The van der Waals surface area contributed by atoms with Crippen LogP contribution in [-0.2, 0) is 15.9 Å². The Hall–Kier alpha value is -2.53. The molecule has 1 fully saturated rings. The summed E-state index contributed by atoms with van der Waals surface area (Å²) in [5.74, 6) is -0.261. The normalized spacial score (nSPS) is 16.5. The molecule has 0 spiro atoms. The quantitative estimate of drug-likeness (QED) is 0.795. The van der Waals surface area contributed by atoms with Crippen LogP contribution in [0.3, 0.4) is 0 Å². The SMILES string of the molecule is COC(=O)c1cc(-c2ccc(N3CCOCC3)cc2)cc2c1CCN2C. The van der Waals surface area contributed by atoms with Crippen molar-refractivity contribution in [2.24, 2.45) is 0 Å². The van der Waals surface area contributed by atoms with E-state index < -0.39 is 0 Å². The van der Waals surface area contributed by atoms with E-state index in [-0.39, 0.29) is 5.97 Å². The van der Waals surface area contributed by atoms with Crippen molar-refractivity contribution >= 4 is 17.3 Å². The van der Waals surface area contributed by atoms with Crippen LogP contribution < -0.4 is 9.80 Å². The molecule has 4 rings (SSSR count). The van der Waals surface area contributed by atoms with Crippen molar-refractivity contribution in [2.45, 2.75) is 6.42 Å². The van der Waals surface area contributed by atoms with Crippen LogP contribution in [0.15, 0.2) is 36.4 Å². The number of anilines is 2.